The third kappa shape index (κ3) is 5.35. The Balaban J connectivity index is 0.00000274. The molecule has 0 amide bonds. The average Bonchev–Trinajstić information content (AvgIpc) is 3.34. The molecular formula is C25H30ClFN4O3. The Morgan fingerprint density at radius 3 is 2.85 bits per heavy atom. The van der Waals surface area contributed by atoms with Gasteiger partial charge in [-0.3, -0.25) is 4.98 Å². The number of methoxy groups -OCH3 is 1. The van der Waals surface area contributed by atoms with Gasteiger partial charge in [0.1, 0.15) is 5.82 Å². The summed E-state index contributed by atoms with van der Waals surface area (Å²) in [6, 6.07) is 9.60. The van der Waals surface area contributed by atoms with Crippen molar-refractivity contribution >= 4 is 23.4 Å². The van der Waals surface area contributed by atoms with Crippen LogP contribution in [-0.4, -0.2) is 54.9 Å². The lowest BCUT2D eigenvalue weighted by molar-refractivity contribution is 0.172. The number of pyridine rings is 2. The maximum Gasteiger partial charge on any atom is 0.231 e. The number of piperidine rings is 1. The lowest BCUT2D eigenvalue weighted by atomic mass is 9.96. The molecular weight excluding hydrogens is 459 g/mol. The Morgan fingerprint density at radius 1 is 1.18 bits per heavy atom. The van der Waals surface area contributed by atoms with Crippen molar-refractivity contribution in [2.24, 2.45) is 5.92 Å². The zero-order valence-corrected chi connectivity index (χ0v) is 20.1. The lowest BCUT2D eigenvalue weighted by Crippen LogP contribution is -2.38. The Hall–Kier alpha value is -2.68. The Kier molecular flexibility index (Phi) is 8.03. The third-order valence-corrected chi connectivity index (χ3v) is 6.56. The number of rotatable bonds is 8. The predicted octanol–water partition coefficient (Wildman–Crippen LogP) is 3.97. The molecule has 1 aromatic carbocycles. The maximum absolute atomic E-state index is 14.5. The molecule has 0 radical (unpaired) electrons. The zero-order valence-electron chi connectivity index (χ0n) is 19.3. The van der Waals surface area contributed by atoms with E-state index < -0.39 is 0 Å². The fourth-order valence-corrected chi connectivity index (χ4v) is 4.65. The van der Waals surface area contributed by atoms with Gasteiger partial charge in [0.05, 0.1) is 24.3 Å². The van der Waals surface area contributed by atoms with E-state index in [-0.39, 0.29) is 18.2 Å². The number of aromatic nitrogens is 2. The normalized spacial score (nSPS) is 15.9. The van der Waals surface area contributed by atoms with Gasteiger partial charge in [0.25, 0.3) is 0 Å². The number of hydrogen-bond acceptors (Lipinski definition) is 7. The molecule has 1 N–H and O–H groups in total. The summed E-state index contributed by atoms with van der Waals surface area (Å²) in [6.07, 6.45) is 4.16. The number of halogens is 2. The van der Waals surface area contributed by atoms with Crippen molar-refractivity contribution in [3.05, 3.63) is 53.5 Å². The van der Waals surface area contributed by atoms with Crippen LogP contribution in [0.2, 0.25) is 0 Å². The monoisotopic (exact) mass is 488 g/mol. The number of nitrogens with zero attached hydrogens (tertiary/aromatic N) is 3. The molecule has 182 valence electrons. The first-order valence-electron chi connectivity index (χ1n) is 11.5. The van der Waals surface area contributed by atoms with Crippen LogP contribution in [0.15, 0.2) is 36.5 Å². The quantitative estimate of drug-likeness (QED) is 0.514. The molecule has 0 aliphatic carbocycles. The summed E-state index contributed by atoms with van der Waals surface area (Å²) in [5.74, 6) is 2.50. The van der Waals surface area contributed by atoms with E-state index >= 15 is 0 Å². The van der Waals surface area contributed by atoms with Gasteiger partial charge >= 0.3 is 0 Å². The standard InChI is InChI=1S/C25H29FN4O3.ClH/c1-31-23-6-5-21-24(29-23)19(20(26)15-28-21)9-12-30-10-7-17(8-11-30)13-27-14-18-3-2-4-22-25(18)33-16-32-22;/h2-6,15,17,27H,7-14,16H2,1H3;1H. The van der Waals surface area contributed by atoms with Crippen molar-refractivity contribution < 1.29 is 18.6 Å². The smallest absolute Gasteiger partial charge is 0.231 e. The van der Waals surface area contributed by atoms with Crippen molar-refractivity contribution in [2.45, 2.75) is 25.8 Å². The number of ether oxygens (including phenoxy) is 3. The molecule has 0 bridgehead atoms. The van der Waals surface area contributed by atoms with E-state index in [1.54, 1.807) is 13.2 Å². The second kappa shape index (κ2) is 11.2. The van der Waals surface area contributed by atoms with Crippen LogP contribution in [0.1, 0.15) is 24.0 Å². The first-order valence-corrected chi connectivity index (χ1v) is 11.5. The van der Waals surface area contributed by atoms with Gasteiger partial charge in [0, 0.05) is 30.3 Å². The van der Waals surface area contributed by atoms with E-state index in [2.05, 4.69) is 26.3 Å². The van der Waals surface area contributed by atoms with Gasteiger partial charge in [0.2, 0.25) is 12.7 Å². The Bertz CT molecular complexity index is 1120. The van der Waals surface area contributed by atoms with E-state index in [1.807, 2.05) is 18.2 Å². The molecule has 0 spiro atoms. The van der Waals surface area contributed by atoms with Gasteiger partial charge < -0.3 is 24.4 Å². The van der Waals surface area contributed by atoms with Crippen LogP contribution >= 0.6 is 12.4 Å². The van der Waals surface area contributed by atoms with E-state index in [0.29, 0.717) is 41.6 Å². The van der Waals surface area contributed by atoms with Crippen molar-refractivity contribution in [3.8, 4) is 17.4 Å². The van der Waals surface area contributed by atoms with Crippen molar-refractivity contribution in [1.82, 2.24) is 20.2 Å². The summed E-state index contributed by atoms with van der Waals surface area (Å²) in [6.45, 7) is 4.90. The highest BCUT2D eigenvalue weighted by molar-refractivity contribution is 5.85. The van der Waals surface area contributed by atoms with Crippen LogP contribution in [-0.2, 0) is 13.0 Å². The molecule has 3 aromatic rings. The Labute approximate surface area is 205 Å². The topological polar surface area (TPSA) is 68.7 Å². The summed E-state index contributed by atoms with van der Waals surface area (Å²) in [5, 5.41) is 3.58. The molecule has 2 aromatic heterocycles. The highest BCUT2D eigenvalue weighted by Crippen LogP contribution is 2.35. The molecule has 1 saturated heterocycles. The number of para-hydroxylation sites is 1. The Morgan fingerprint density at radius 2 is 2.03 bits per heavy atom. The van der Waals surface area contributed by atoms with E-state index in [1.165, 1.54) is 6.20 Å². The minimum absolute atomic E-state index is 0. The first-order chi connectivity index (χ1) is 16.2. The lowest BCUT2D eigenvalue weighted by Gasteiger charge is -2.32. The minimum atomic E-state index is -0.302. The van der Waals surface area contributed by atoms with Crippen molar-refractivity contribution in [1.29, 1.82) is 0 Å². The van der Waals surface area contributed by atoms with Crippen LogP contribution in [0.4, 0.5) is 4.39 Å². The van der Waals surface area contributed by atoms with E-state index in [0.717, 1.165) is 62.6 Å². The SMILES string of the molecule is COc1ccc2ncc(F)c(CCN3CCC(CNCc4cccc5c4OCO5)CC3)c2n1.Cl. The van der Waals surface area contributed by atoms with Crippen LogP contribution in [0.5, 0.6) is 17.4 Å². The number of fused-ring (bicyclic) bond motifs is 2. The molecule has 2 aliphatic heterocycles. The first kappa shape index (κ1) is 24.4. The summed E-state index contributed by atoms with van der Waals surface area (Å²) >= 11 is 0. The molecule has 4 heterocycles. The molecule has 1 fully saturated rings. The highest BCUT2D eigenvalue weighted by atomic mass is 35.5. The van der Waals surface area contributed by atoms with Crippen LogP contribution in [0.25, 0.3) is 11.0 Å². The van der Waals surface area contributed by atoms with E-state index in [4.69, 9.17) is 14.2 Å². The molecule has 9 heteroatoms. The summed E-state index contributed by atoms with van der Waals surface area (Å²) in [4.78, 5) is 11.0. The molecule has 0 saturated carbocycles. The highest BCUT2D eigenvalue weighted by Gasteiger charge is 2.21. The van der Waals surface area contributed by atoms with Crippen LogP contribution < -0.4 is 19.5 Å². The molecule has 2 aliphatic rings. The molecule has 0 atom stereocenters. The van der Waals surface area contributed by atoms with Crippen LogP contribution in [0, 0.1) is 11.7 Å². The maximum atomic E-state index is 14.5. The average molecular weight is 489 g/mol. The number of benzene rings is 1. The van der Waals surface area contributed by atoms with Gasteiger partial charge in [-0.15, -0.1) is 12.4 Å². The number of likely N-dealkylation sites (tertiary alicyclic amines) is 1. The molecule has 5 rings (SSSR count). The fourth-order valence-electron chi connectivity index (χ4n) is 4.65. The van der Waals surface area contributed by atoms with Gasteiger partial charge in [-0.25, -0.2) is 9.37 Å². The second-order valence-electron chi connectivity index (χ2n) is 8.62. The third-order valence-electron chi connectivity index (χ3n) is 6.56. The van der Waals surface area contributed by atoms with Gasteiger partial charge in [-0.1, -0.05) is 12.1 Å². The van der Waals surface area contributed by atoms with Gasteiger partial charge in [-0.2, -0.15) is 0 Å². The fraction of sp³-hybridized carbons (Fsp3) is 0.440. The largest absolute Gasteiger partial charge is 0.481 e. The predicted molar refractivity (Wildman–Crippen MR) is 130 cm³/mol. The van der Waals surface area contributed by atoms with E-state index in [9.17, 15) is 4.39 Å². The minimum Gasteiger partial charge on any atom is -0.481 e. The summed E-state index contributed by atoms with van der Waals surface area (Å²) in [7, 11) is 1.56. The summed E-state index contributed by atoms with van der Waals surface area (Å²) in [5.41, 5.74) is 3.04. The number of nitrogens with one attached hydrogen (secondary N) is 1. The second-order valence-corrected chi connectivity index (χ2v) is 8.62. The molecule has 34 heavy (non-hydrogen) atoms. The molecule has 0 unspecified atom stereocenters. The number of hydrogen-bond donors (Lipinski definition) is 1. The molecule has 7 nitrogen and oxygen atoms in total. The zero-order chi connectivity index (χ0) is 22.6. The van der Waals surface area contributed by atoms with Crippen molar-refractivity contribution in [3.63, 3.8) is 0 Å². The van der Waals surface area contributed by atoms with Crippen molar-refractivity contribution in [2.75, 3.05) is 40.1 Å². The summed E-state index contributed by atoms with van der Waals surface area (Å²) < 4.78 is 30.8. The van der Waals surface area contributed by atoms with Gasteiger partial charge in [0.15, 0.2) is 11.5 Å². The van der Waals surface area contributed by atoms with Crippen LogP contribution in [0.3, 0.4) is 0 Å². The van der Waals surface area contributed by atoms with Gasteiger partial charge in [-0.05, 0) is 56.9 Å².